The Morgan fingerprint density at radius 1 is 1.28 bits per heavy atom. The first-order valence-electron chi connectivity index (χ1n) is 6.70. The molecule has 0 saturated heterocycles. The number of halogens is 1. The smallest absolute Gasteiger partial charge is 0.123 e. The number of hydrogen-bond donors (Lipinski definition) is 1. The van der Waals surface area contributed by atoms with Crippen molar-refractivity contribution in [2.75, 3.05) is 0 Å². The highest BCUT2D eigenvalue weighted by Crippen LogP contribution is 2.29. The molecule has 1 nitrogen and oxygen atoms in total. The fourth-order valence-corrected chi connectivity index (χ4v) is 2.03. The molecule has 2 atom stereocenters. The molecular weight excluding hydrogens is 225 g/mol. The van der Waals surface area contributed by atoms with Gasteiger partial charge in [-0.1, -0.05) is 33.8 Å². The number of aryl methyl sites for hydroxylation is 1. The highest BCUT2D eigenvalue weighted by molar-refractivity contribution is 5.27. The molecule has 102 valence electrons. The molecule has 0 aliphatic rings. The van der Waals surface area contributed by atoms with Crippen LogP contribution in [0.3, 0.4) is 0 Å². The summed E-state index contributed by atoms with van der Waals surface area (Å²) in [4.78, 5) is 0. The van der Waals surface area contributed by atoms with Crippen molar-refractivity contribution in [3.63, 3.8) is 0 Å². The van der Waals surface area contributed by atoms with E-state index in [-0.39, 0.29) is 17.3 Å². The Bertz CT molecular complexity index is 393. The van der Waals surface area contributed by atoms with Gasteiger partial charge in [0.25, 0.3) is 0 Å². The molecule has 2 heteroatoms. The van der Waals surface area contributed by atoms with Gasteiger partial charge in [-0.2, -0.15) is 0 Å². The standard InChI is InChI=1S/C16H26FN/c1-11-6-7-14(17)9-13(11)10-15(18)8-12(2)16(3,4)5/h6-7,9,12,15H,8,10,18H2,1-5H3. The third-order valence-corrected chi connectivity index (χ3v) is 3.93. The van der Waals surface area contributed by atoms with Gasteiger partial charge >= 0.3 is 0 Å². The van der Waals surface area contributed by atoms with Gasteiger partial charge in [-0.05, 0) is 54.4 Å². The molecular formula is C16H26FN. The van der Waals surface area contributed by atoms with Gasteiger partial charge in [0.2, 0.25) is 0 Å². The van der Waals surface area contributed by atoms with Crippen LogP contribution in [0, 0.1) is 24.1 Å². The summed E-state index contributed by atoms with van der Waals surface area (Å²) in [6, 6.07) is 5.03. The Balaban J connectivity index is 2.65. The van der Waals surface area contributed by atoms with Crippen molar-refractivity contribution in [1.29, 1.82) is 0 Å². The zero-order valence-corrected chi connectivity index (χ0v) is 12.3. The molecule has 0 aromatic heterocycles. The highest BCUT2D eigenvalue weighted by Gasteiger charge is 2.22. The van der Waals surface area contributed by atoms with Gasteiger partial charge < -0.3 is 5.73 Å². The van der Waals surface area contributed by atoms with E-state index in [1.807, 2.05) is 13.0 Å². The van der Waals surface area contributed by atoms with Gasteiger partial charge in [-0.25, -0.2) is 4.39 Å². The van der Waals surface area contributed by atoms with E-state index in [0.29, 0.717) is 5.92 Å². The van der Waals surface area contributed by atoms with Crippen LogP contribution in [-0.4, -0.2) is 6.04 Å². The second-order valence-electron chi connectivity index (χ2n) is 6.54. The topological polar surface area (TPSA) is 26.0 Å². The quantitative estimate of drug-likeness (QED) is 0.857. The summed E-state index contributed by atoms with van der Waals surface area (Å²) in [6.45, 7) is 10.9. The van der Waals surface area contributed by atoms with E-state index < -0.39 is 0 Å². The van der Waals surface area contributed by atoms with Crippen LogP contribution < -0.4 is 5.73 Å². The Kier molecular flexibility index (Phi) is 4.92. The van der Waals surface area contributed by atoms with E-state index in [4.69, 9.17) is 5.73 Å². The molecule has 2 N–H and O–H groups in total. The van der Waals surface area contributed by atoms with E-state index in [2.05, 4.69) is 27.7 Å². The average Bonchev–Trinajstić information content (AvgIpc) is 2.22. The van der Waals surface area contributed by atoms with Gasteiger partial charge in [-0.15, -0.1) is 0 Å². The van der Waals surface area contributed by atoms with Crippen LogP contribution in [0.2, 0.25) is 0 Å². The molecule has 0 aliphatic carbocycles. The van der Waals surface area contributed by atoms with Crippen molar-refractivity contribution < 1.29 is 4.39 Å². The van der Waals surface area contributed by atoms with Crippen molar-refractivity contribution in [1.82, 2.24) is 0 Å². The van der Waals surface area contributed by atoms with Crippen LogP contribution in [-0.2, 0) is 6.42 Å². The van der Waals surface area contributed by atoms with Crippen molar-refractivity contribution >= 4 is 0 Å². The van der Waals surface area contributed by atoms with Crippen molar-refractivity contribution in [2.24, 2.45) is 17.1 Å². The van der Waals surface area contributed by atoms with Crippen molar-refractivity contribution in [3.05, 3.63) is 35.1 Å². The lowest BCUT2D eigenvalue weighted by atomic mass is 9.78. The fourth-order valence-electron chi connectivity index (χ4n) is 2.03. The molecule has 1 aromatic carbocycles. The molecule has 0 spiro atoms. The zero-order valence-electron chi connectivity index (χ0n) is 12.3. The minimum absolute atomic E-state index is 0.0970. The molecule has 0 saturated carbocycles. The molecule has 0 bridgehead atoms. The normalized spacial score (nSPS) is 15.5. The highest BCUT2D eigenvalue weighted by atomic mass is 19.1. The third kappa shape index (κ3) is 4.41. The van der Waals surface area contributed by atoms with Gasteiger partial charge in [0.05, 0.1) is 0 Å². The Morgan fingerprint density at radius 3 is 2.44 bits per heavy atom. The van der Waals surface area contributed by atoms with Crippen LogP contribution in [0.5, 0.6) is 0 Å². The summed E-state index contributed by atoms with van der Waals surface area (Å²) in [5.74, 6) is 0.382. The lowest BCUT2D eigenvalue weighted by Crippen LogP contribution is -2.30. The number of rotatable bonds is 4. The van der Waals surface area contributed by atoms with Crippen molar-refractivity contribution in [2.45, 2.75) is 53.5 Å². The predicted octanol–water partition coefficient (Wildman–Crippen LogP) is 4.08. The summed E-state index contributed by atoms with van der Waals surface area (Å²) >= 11 is 0. The second-order valence-corrected chi connectivity index (χ2v) is 6.54. The minimum Gasteiger partial charge on any atom is -0.327 e. The van der Waals surface area contributed by atoms with E-state index in [9.17, 15) is 4.39 Å². The SMILES string of the molecule is Cc1ccc(F)cc1CC(N)CC(C)C(C)(C)C. The van der Waals surface area contributed by atoms with Crippen LogP contribution in [0.1, 0.15) is 45.2 Å². The Labute approximate surface area is 111 Å². The molecule has 0 heterocycles. The molecule has 0 radical (unpaired) electrons. The second kappa shape index (κ2) is 5.83. The van der Waals surface area contributed by atoms with Crippen LogP contribution >= 0.6 is 0 Å². The summed E-state index contributed by atoms with van der Waals surface area (Å²) in [7, 11) is 0. The maximum absolute atomic E-state index is 13.2. The number of benzene rings is 1. The monoisotopic (exact) mass is 251 g/mol. The zero-order chi connectivity index (χ0) is 13.9. The van der Waals surface area contributed by atoms with Crippen molar-refractivity contribution in [3.8, 4) is 0 Å². The predicted molar refractivity (Wildman–Crippen MR) is 76.1 cm³/mol. The van der Waals surface area contributed by atoms with E-state index >= 15 is 0 Å². The fraction of sp³-hybridized carbons (Fsp3) is 0.625. The molecule has 1 aromatic rings. The molecule has 18 heavy (non-hydrogen) atoms. The van der Waals surface area contributed by atoms with Crippen LogP contribution in [0.15, 0.2) is 18.2 Å². The third-order valence-electron chi connectivity index (χ3n) is 3.93. The Hall–Kier alpha value is -0.890. The van der Waals surface area contributed by atoms with Gasteiger partial charge in [0.15, 0.2) is 0 Å². The lowest BCUT2D eigenvalue weighted by molar-refractivity contribution is 0.233. The van der Waals surface area contributed by atoms with Crippen LogP contribution in [0.25, 0.3) is 0 Å². The van der Waals surface area contributed by atoms with E-state index in [1.165, 1.54) is 6.07 Å². The van der Waals surface area contributed by atoms with E-state index in [0.717, 1.165) is 24.0 Å². The maximum atomic E-state index is 13.2. The maximum Gasteiger partial charge on any atom is 0.123 e. The van der Waals surface area contributed by atoms with Crippen LogP contribution in [0.4, 0.5) is 4.39 Å². The van der Waals surface area contributed by atoms with E-state index in [1.54, 1.807) is 6.07 Å². The van der Waals surface area contributed by atoms with Gasteiger partial charge in [0.1, 0.15) is 5.82 Å². The Morgan fingerprint density at radius 2 is 1.89 bits per heavy atom. The van der Waals surface area contributed by atoms with Gasteiger partial charge in [-0.3, -0.25) is 0 Å². The number of nitrogens with two attached hydrogens (primary N) is 1. The summed E-state index contributed by atoms with van der Waals surface area (Å²) < 4.78 is 13.2. The minimum atomic E-state index is -0.174. The molecule has 1 rings (SSSR count). The molecule has 2 unspecified atom stereocenters. The first-order chi connectivity index (χ1) is 8.20. The summed E-state index contributed by atoms with van der Waals surface area (Å²) in [5, 5.41) is 0. The van der Waals surface area contributed by atoms with Gasteiger partial charge in [0, 0.05) is 6.04 Å². The number of hydrogen-bond acceptors (Lipinski definition) is 1. The average molecular weight is 251 g/mol. The molecule has 0 aliphatic heterocycles. The first kappa shape index (κ1) is 15.2. The molecule has 0 fully saturated rings. The first-order valence-corrected chi connectivity index (χ1v) is 6.70. The molecule has 0 amide bonds. The summed E-state index contributed by atoms with van der Waals surface area (Å²) in [6.07, 6.45) is 1.73. The lowest BCUT2D eigenvalue weighted by Gasteiger charge is -2.29. The largest absolute Gasteiger partial charge is 0.327 e. The summed E-state index contributed by atoms with van der Waals surface area (Å²) in [5.41, 5.74) is 8.62.